The number of hydrogen-bond acceptors (Lipinski definition) is 3. The average Bonchev–Trinajstić information content (AvgIpc) is 3.32. The summed E-state index contributed by atoms with van der Waals surface area (Å²) in [6.45, 7) is 1.28. The molecule has 2 amide bonds. The molecule has 0 spiro atoms. The van der Waals surface area contributed by atoms with Gasteiger partial charge in [0.2, 0.25) is 11.8 Å². The normalized spacial score (nSPS) is 19.3. The first-order valence-electron chi connectivity index (χ1n) is 13.3. The van der Waals surface area contributed by atoms with Crippen molar-refractivity contribution >= 4 is 39.8 Å². The van der Waals surface area contributed by atoms with Crippen molar-refractivity contribution in [1.29, 1.82) is 0 Å². The van der Waals surface area contributed by atoms with Crippen LogP contribution in [0.5, 0.6) is 0 Å². The topological polar surface area (TPSA) is 77.2 Å². The van der Waals surface area contributed by atoms with E-state index < -0.39 is 0 Å². The lowest BCUT2D eigenvalue weighted by molar-refractivity contribution is -0.143. The van der Waals surface area contributed by atoms with E-state index in [-0.39, 0.29) is 23.7 Å². The van der Waals surface area contributed by atoms with Crippen LogP contribution in [0.3, 0.4) is 0 Å². The molecule has 6 rings (SSSR count). The highest BCUT2D eigenvalue weighted by atomic mass is 16.2. The van der Waals surface area contributed by atoms with E-state index in [2.05, 4.69) is 33.8 Å². The van der Waals surface area contributed by atoms with E-state index in [0.717, 1.165) is 60.4 Å². The SMILES string of the molecule is O=C(Nc1ccccc1Nc1ccccc1)C1CCCCC1C(=O)N1CCc2c([nH]c3ccccc23)C1. The highest BCUT2D eigenvalue weighted by Crippen LogP contribution is 2.35. The van der Waals surface area contributed by atoms with Crippen molar-refractivity contribution in [3.05, 3.63) is 90.1 Å². The molecular weight excluding hydrogens is 460 g/mol. The molecule has 37 heavy (non-hydrogen) atoms. The van der Waals surface area contributed by atoms with Crippen molar-refractivity contribution in [2.24, 2.45) is 11.8 Å². The van der Waals surface area contributed by atoms with Crippen LogP contribution in [0, 0.1) is 11.8 Å². The minimum absolute atomic E-state index is 0.0660. The van der Waals surface area contributed by atoms with Gasteiger partial charge in [-0.3, -0.25) is 9.59 Å². The zero-order valence-corrected chi connectivity index (χ0v) is 20.9. The Labute approximate surface area is 217 Å². The molecule has 6 heteroatoms. The van der Waals surface area contributed by atoms with Gasteiger partial charge >= 0.3 is 0 Å². The molecule has 2 atom stereocenters. The minimum atomic E-state index is -0.324. The Kier molecular flexibility index (Phi) is 6.39. The molecule has 3 aromatic carbocycles. The number of amides is 2. The van der Waals surface area contributed by atoms with E-state index in [1.807, 2.05) is 65.6 Å². The van der Waals surface area contributed by atoms with Gasteiger partial charge in [0.1, 0.15) is 0 Å². The van der Waals surface area contributed by atoms with Crippen LogP contribution >= 0.6 is 0 Å². The van der Waals surface area contributed by atoms with Gasteiger partial charge in [0.25, 0.3) is 0 Å². The molecule has 3 N–H and O–H groups in total. The van der Waals surface area contributed by atoms with E-state index in [1.165, 1.54) is 10.9 Å². The fraction of sp³-hybridized carbons (Fsp3) is 0.290. The van der Waals surface area contributed by atoms with Crippen molar-refractivity contribution in [1.82, 2.24) is 9.88 Å². The van der Waals surface area contributed by atoms with Crippen LogP contribution in [0.1, 0.15) is 36.9 Å². The van der Waals surface area contributed by atoms with Crippen molar-refractivity contribution < 1.29 is 9.59 Å². The molecule has 2 unspecified atom stereocenters. The van der Waals surface area contributed by atoms with E-state index in [4.69, 9.17) is 0 Å². The number of carbonyl (C=O) groups is 2. The minimum Gasteiger partial charge on any atom is -0.357 e. The van der Waals surface area contributed by atoms with Crippen LogP contribution in [-0.2, 0) is 22.6 Å². The van der Waals surface area contributed by atoms with Crippen LogP contribution < -0.4 is 10.6 Å². The van der Waals surface area contributed by atoms with Crippen LogP contribution in [0.15, 0.2) is 78.9 Å². The molecule has 2 aliphatic rings. The van der Waals surface area contributed by atoms with Gasteiger partial charge in [-0.25, -0.2) is 0 Å². The summed E-state index contributed by atoms with van der Waals surface area (Å²) in [4.78, 5) is 32.8. The second kappa shape index (κ2) is 10.1. The molecule has 1 saturated carbocycles. The number of nitrogens with one attached hydrogen (secondary N) is 3. The summed E-state index contributed by atoms with van der Waals surface area (Å²) in [5.74, 6) is -0.562. The predicted octanol–water partition coefficient (Wildman–Crippen LogP) is 6.24. The maximum Gasteiger partial charge on any atom is 0.228 e. The van der Waals surface area contributed by atoms with Gasteiger partial charge in [0.05, 0.1) is 17.9 Å². The first-order valence-corrected chi connectivity index (χ1v) is 13.3. The van der Waals surface area contributed by atoms with Gasteiger partial charge < -0.3 is 20.5 Å². The summed E-state index contributed by atoms with van der Waals surface area (Å²) in [6, 6.07) is 26.0. The second-order valence-electron chi connectivity index (χ2n) is 10.2. The number of H-pyrrole nitrogens is 1. The van der Waals surface area contributed by atoms with Crippen molar-refractivity contribution in [3.8, 4) is 0 Å². The number of hydrogen-bond donors (Lipinski definition) is 3. The van der Waals surface area contributed by atoms with Gasteiger partial charge in [0.15, 0.2) is 0 Å². The standard InChI is InChI=1S/C31H32N4O2/c36-30(34-28-17-9-8-16-27(28)32-21-10-2-1-3-11-21)24-13-4-5-14-25(24)31(37)35-19-18-23-22-12-6-7-15-26(22)33-29(23)20-35/h1-3,6-12,15-17,24-25,32-33H,4-5,13-14,18-20H2,(H,34,36). The average molecular weight is 493 g/mol. The van der Waals surface area contributed by atoms with Crippen molar-refractivity contribution in [2.75, 3.05) is 17.2 Å². The monoisotopic (exact) mass is 492 g/mol. The second-order valence-corrected chi connectivity index (χ2v) is 10.2. The largest absolute Gasteiger partial charge is 0.357 e. The Morgan fingerprint density at radius 1 is 0.811 bits per heavy atom. The zero-order valence-electron chi connectivity index (χ0n) is 20.9. The first-order chi connectivity index (χ1) is 18.2. The lowest BCUT2D eigenvalue weighted by Gasteiger charge is -2.35. The van der Waals surface area contributed by atoms with Gasteiger partial charge in [-0.05, 0) is 55.2 Å². The summed E-state index contributed by atoms with van der Waals surface area (Å²) in [5, 5.41) is 7.79. The molecule has 1 fully saturated rings. The number of benzene rings is 3. The summed E-state index contributed by atoms with van der Waals surface area (Å²) in [6.07, 6.45) is 4.29. The van der Waals surface area contributed by atoms with Gasteiger partial charge in [-0.15, -0.1) is 0 Å². The molecule has 0 saturated heterocycles. The number of para-hydroxylation sites is 4. The Morgan fingerprint density at radius 3 is 2.35 bits per heavy atom. The van der Waals surface area contributed by atoms with Crippen LogP contribution in [0.25, 0.3) is 10.9 Å². The Morgan fingerprint density at radius 2 is 1.51 bits per heavy atom. The highest BCUT2D eigenvalue weighted by Gasteiger charge is 2.39. The maximum absolute atomic E-state index is 13.8. The smallest absolute Gasteiger partial charge is 0.228 e. The Hall–Kier alpha value is -4.06. The summed E-state index contributed by atoms with van der Waals surface area (Å²) in [7, 11) is 0. The zero-order chi connectivity index (χ0) is 25.2. The van der Waals surface area contributed by atoms with E-state index >= 15 is 0 Å². The van der Waals surface area contributed by atoms with E-state index in [1.54, 1.807) is 0 Å². The van der Waals surface area contributed by atoms with E-state index in [0.29, 0.717) is 13.1 Å². The fourth-order valence-electron chi connectivity index (χ4n) is 5.96. The fourth-order valence-corrected chi connectivity index (χ4v) is 5.96. The predicted molar refractivity (Wildman–Crippen MR) is 148 cm³/mol. The van der Waals surface area contributed by atoms with Gasteiger partial charge in [0, 0.05) is 40.7 Å². The number of nitrogens with zero attached hydrogens (tertiary/aromatic N) is 1. The Bertz CT molecular complexity index is 1430. The molecule has 4 aromatic rings. The summed E-state index contributed by atoms with van der Waals surface area (Å²) >= 11 is 0. The third kappa shape index (κ3) is 4.71. The molecule has 0 radical (unpaired) electrons. The third-order valence-electron chi connectivity index (χ3n) is 7.85. The van der Waals surface area contributed by atoms with Gasteiger partial charge in [-0.2, -0.15) is 0 Å². The number of fused-ring (bicyclic) bond motifs is 3. The molecular formula is C31H32N4O2. The number of aromatic nitrogens is 1. The lowest BCUT2D eigenvalue weighted by atomic mass is 9.77. The number of carbonyl (C=O) groups excluding carboxylic acids is 2. The van der Waals surface area contributed by atoms with Crippen LogP contribution in [-0.4, -0.2) is 28.2 Å². The molecule has 6 nitrogen and oxygen atoms in total. The molecule has 0 bridgehead atoms. The first kappa shape index (κ1) is 23.3. The third-order valence-corrected chi connectivity index (χ3v) is 7.85. The number of rotatable bonds is 5. The highest BCUT2D eigenvalue weighted by molar-refractivity contribution is 5.99. The molecule has 2 heterocycles. The van der Waals surface area contributed by atoms with Crippen LogP contribution in [0.4, 0.5) is 17.1 Å². The van der Waals surface area contributed by atoms with Crippen molar-refractivity contribution in [2.45, 2.75) is 38.6 Å². The lowest BCUT2D eigenvalue weighted by Crippen LogP contribution is -2.45. The molecule has 1 aromatic heterocycles. The summed E-state index contributed by atoms with van der Waals surface area (Å²) in [5.41, 5.74) is 6.09. The molecule has 1 aliphatic heterocycles. The Balaban J connectivity index is 1.18. The quantitative estimate of drug-likeness (QED) is 0.309. The van der Waals surface area contributed by atoms with Gasteiger partial charge in [-0.1, -0.05) is 61.4 Å². The van der Waals surface area contributed by atoms with Crippen LogP contribution in [0.2, 0.25) is 0 Å². The number of anilines is 3. The molecule has 1 aliphatic carbocycles. The number of aromatic amines is 1. The molecule has 188 valence electrons. The van der Waals surface area contributed by atoms with Crippen molar-refractivity contribution in [3.63, 3.8) is 0 Å². The maximum atomic E-state index is 13.8. The van der Waals surface area contributed by atoms with E-state index in [9.17, 15) is 9.59 Å². The summed E-state index contributed by atoms with van der Waals surface area (Å²) < 4.78 is 0.